The van der Waals surface area contributed by atoms with Gasteiger partial charge in [-0.2, -0.15) is 4.31 Å². The number of amides is 1. The van der Waals surface area contributed by atoms with Crippen LogP contribution < -0.4 is 5.32 Å². The van der Waals surface area contributed by atoms with E-state index in [-0.39, 0.29) is 16.4 Å². The van der Waals surface area contributed by atoms with Crippen molar-refractivity contribution < 1.29 is 22.7 Å². The molecule has 0 aliphatic rings. The van der Waals surface area contributed by atoms with E-state index >= 15 is 0 Å². The molecule has 0 saturated heterocycles. The smallest absolute Gasteiger partial charge is 0.338 e. The van der Waals surface area contributed by atoms with Gasteiger partial charge in [0.15, 0.2) is 6.61 Å². The van der Waals surface area contributed by atoms with Crippen molar-refractivity contribution in [1.82, 2.24) is 4.31 Å². The van der Waals surface area contributed by atoms with Crippen LogP contribution >= 0.6 is 0 Å². The average molecular weight is 461 g/mol. The number of benzene rings is 2. The Morgan fingerprint density at radius 1 is 1.06 bits per heavy atom. The van der Waals surface area contributed by atoms with E-state index in [0.717, 1.165) is 12.0 Å². The Morgan fingerprint density at radius 2 is 1.72 bits per heavy atom. The fourth-order valence-electron chi connectivity index (χ4n) is 3.37. The Hall–Kier alpha value is -2.71. The molecule has 0 heterocycles. The standard InChI is InChI=1S/C24H32N2O5S/c1-6-17(4)20-11-9-10-12-21(20)25-23(27)16-31-24(28)19-14-13-18(5)22(15-19)32(29,30)26(7-2)8-3/h9-15,17H,6-8,16H2,1-5H3,(H,25,27)/t17-/m0/s1. The van der Waals surface area contributed by atoms with Crippen LogP contribution in [0.1, 0.15) is 61.5 Å². The molecule has 0 saturated carbocycles. The molecule has 1 N–H and O–H groups in total. The second-order valence-corrected chi connectivity index (χ2v) is 9.50. The van der Waals surface area contributed by atoms with E-state index in [0.29, 0.717) is 24.3 Å². The lowest BCUT2D eigenvalue weighted by atomic mass is 9.97. The number of hydrogen-bond donors (Lipinski definition) is 1. The first-order valence-electron chi connectivity index (χ1n) is 10.8. The largest absolute Gasteiger partial charge is 0.452 e. The first-order chi connectivity index (χ1) is 15.1. The van der Waals surface area contributed by atoms with Gasteiger partial charge in [0.25, 0.3) is 5.91 Å². The third-order valence-corrected chi connectivity index (χ3v) is 7.65. The van der Waals surface area contributed by atoms with Crippen LogP contribution in [-0.2, 0) is 19.6 Å². The molecule has 1 amide bonds. The van der Waals surface area contributed by atoms with Crippen molar-refractivity contribution in [2.24, 2.45) is 0 Å². The van der Waals surface area contributed by atoms with Gasteiger partial charge in [-0.3, -0.25) is 4.79 Å². The lowest BCUT2D eigenvalue weighted by Crippen LogP contribution is -2.31. The number of nitrogens with one attached hydrogen (secondary N) is 1. The van der Waals surface area contributed by atoms with Crippen LogP contribution in [0.4, 0.5) is 5.69 Å². The monoisotopic (exact) mass is 460 g/mol. The first kappa shape index (κ1) is 25.5. The van der Waals surface area contributed by atoms with Gasteiger partial charge >= 0.3 is 5.97 Å². The number of anilines is 1. The highest BCUT2D eigenvalue weighted by Crippen LogP contribution is 2.26. The van der Waals surface area contributed by atoms with E-state index < -0.39 is 28.5 Å². The fraction of sp³-hybridized carbons (Fsp3) is 0.417. The molecule has 174 valence electrons. The molecule has 0 aliphatic carbocycles. The minimum atomic E-state index is -3.73. The molecule has 32 heavy (non-hydrogen) atoms. The van der Waals surface area contributed by atoms with E-state index in [2.05, 4.69) is 19.2 Å². The van der Waals surface area contributed by atoms with Crippen LogP contribution in [-0.4, -0.2) is 44.3 Å². The number of hydrogen-bond acceptors (Lipinski definition) is 5. The van der Waals surface area contributed by atoms with Crippen LogP contribution in [0.5, 0.6) is 0 Å². The van der Waals surface area contributed by atoms with Gasteiger partial charge in [-0.25, -0.2) is 13.2 Å². The van der Waals surface area contributed by atoms with Gasteiger partial charge in [0, 0.05) is 18.8 Å². The maximum atomic E-state index is 12.9. The van der Waals surface area contributed by atoms with Crippen LogP contribution in [0.25, 0.3) is 0 Å². The highest BCUT2D eigenvalue weighted by Gasteiger charge is 2.25. The van der Waals surface area contributed by atoms with Gasteiger partial charge in [-0.05, 0) is 48.6 Å². The second kappa shape index (κ2) is 11.2. The number of carbonyl (C=O) groups is 2. The highest BCUT2D eigenvalue weighted by atomic mass is 32.2. The van der Waals surface area contributed by atoms with Gasteiger partial charge in [-0.15, -0.1) is 0 Å². The molecule has 1 atom stereocenters. The summed E-state index contributed by atoms with van der Waals surface area (Å²) in [4.78, 5) is 24.9. The van der Waals surface area contributed by atoms with Crippen molar-refractivity contribution in [3.05, 3.63) is 59.2 Å². The first-order valence-corrected chi connectivity index (χ1v) is 12.3. The predicted octanol–water partition coefficient (Wildman–Crippen LogP) is 4.33. The molecule has 7 nitrogen and oxygen atoms in total. The summed E-state index contributed by atoms with van der Waals surface area (Å²) < 4.78 is 32.2. The van der Waals surface area contributed by atoms with Crippen molar-refractivity contribution in [3.63, 3.8) is 0 Å². The maximum Gasteiger partial charge on any atom is 0.338 e. The third kappa shape index (κ3) is 5.95. The molecule has 0 fully saturated rings. The number of esters is 1. The minimum Gasteiger partial charge on any atom is -0.452 e. The second-order valence-electron chi connectivity index (χ2n) is 7.59. The van der Waals surface area contributed by atoms with Crippen molar-refractivity contribution >= 4 is 27.6 Å². The van der Waals surface area contributed by atoms with Gasteiger partial charge < -0.3 is 10.1 Å². The number of rotatable bonds is 10. The number of carbonyl (C=O) groups excluding carboxylic acids is 2. The zero-order valence-corrected chi connectivity index (χ0v) is 20.2. The van der Waals surface area contributed by atoms with Crippen molar-refractivity contribution in [1.29, 1.82) is 0 Å². The molecular formula is C24H32N2O5S. The minimum absolute atomic E-state index is 0.0579. The number of sulfonamides is 1. The average Bonchev–Trinajstić information content (AvgIpc) is 2.78. The molecule has 0 aromatic heterocycles. The number of nitrogens with zero attached hydrogens (tertiary/aromatic N) is 1. The number of aryl methyl sites for hydroxylation is 1. The van der Waals surface area contributed by atoms with E-state index in [9.17, 15) is 18.0 Å². The molecule has 0 unspecified atom stereocenters. The van der Waals surface area contributed by atoms with E-state index in [4.69, 9.17) is 4.74 Å². The van der Waals surface area contributed by atoms with E-state index in [1.807, 2.05) is 24.3 Å². The Kier molecular flexibility index (Phi) is 8.98. The van der Waals surface area contributed by atoms with Gasteiger partial charge in [0.05, 0.1) is 10.5 Å². The summed E-state index contributed by atoms with van der Waals surface area (Å²) in [5.41, 5.74) is 2.31. The van der Waals surface area contributed by atoms with E-state index in [1.54, 1.807) is 26.8 Å². The summed E-state index contributed by atoms with van der Waals surface area (Å²) in [5.74, 6) is -0.948. The van der Waals surface area contributed by atoms with Gasteiger partial charge in [-0.1, -0.05) is 52.0 Å². The predicted molar refractivity (Wildman–Crippen MR) is 125 cm³/mol. The van der Waals surface area contributed by atoms with Crippen LogP contribution in [0.3, 0.4) is 0 Å². The summed E-state index contributed by atoms with van der Waals surface area (Å²) in [6.07, 6.45) is 0.925. The lowest BCUT2D eigenvalue weighted by molar-refractivity contribution is -0.119. The van der Waals surface area contributed by atoms with Crippen LogP contribution in [0, 0.1) is 6.92 Å². The summed E-state index contributed by atoms with van der Waals surface area (Å²) in [6.45, 7) is 9.51. The Balaban J connectivity index is 2.12. The summed E-state index contributed by atoms with van der Waals surface area (Å²) in [5, 5.41) is 2.79. The Labute approximate surface area is 190 Å². The van der Waals surface area contributed by atoms with Crippen LogP contribution in [0.2, 0.25) is 0 Å². The fourth-order valence-corrected chi connectivity index (χ4v) is 5.08. The molecule has 8 heteroatoms. The normalized spacial score (nSPS) is 12.4. The van der Waals surface area contributed by atoms with E-state index in [1.165, 1.54) is 16.4 Å². The third-order valence-electron chi connectivity index (χ3n) is 5.46. The molecule has 2 rings (SSSR count). The number of para-hydroxylation sites is 1. The summed E-state index contributed by atoms with van der Waals surface area (Å²) in [7, 11) is -3.73. The molecule has 0 radical (unpaired) electrons. The highest BCUT2D eigenvalue weighted by molar-refractivity contribution is 7.89. The Bertz CT molecular complexity index is 1060. The molecule has 2 aromatic rings. The zero-order chi connectivity index (χ0) is 23.9. The SMILES string of the molecule is CC[C@H](C)c1ccccc1NC(=O)COC(=O)c1ccc(C)c(S(=O)(=O)N(CC)CC)c1. The topological polar surface area (TPSA) is 92.8 Å². The Morgan fingerprint density at radius 3 is 2.34 bits per heavy atom. The van der Waals surface area contributed by atoms with Crippen LogP contribution in [0.15, 0.2) is 47.4 Å². The lowest BCUT2D eigenvalue weighted by Gasteiger charge is -2.20. The summed E-state index contributed by atoms with van der Waals surface area (Å²) >= 11 is 0. The van der Waals surface area contributed by atoms with Gasteiger partial charge in [0.2, 0.25) is 10.0 Å². The van der Waals surface area contributed by atoms with Crippen molar-refractivity contribution in [3.8, 4) is 0 Å². The maximum absolute atomic E-state index is 12.9. The zero-order valence-electron chi connectivity index (χ0n) is 19.3. The van der Waals surface area contributed by atoms with Crippen molar-refractivity contribution in [2.75, 3.05) is 25.0 Å². The molecule has 0 aliphatic heterocycles. The molecule has 0 spiro atoms. The quantitative estimate of drug-likeness (QED) is 0.533. The van der Waals surface area contributed by atoms with Gasteiger partial charge in [0.1, 0.15) is 0 Å². The molecular weight excluding hydrogens is 428 g/mol. The van der Waals surface area contributed by atoms with Crippen molar-refractivity contribution in [2.45, 2.75) is 51.9 Å². The molecule has 2 aromatic carbocycles. The summed E-state index contributed by atoms with van der Waals surface area (Å²) in [6, 6.07) is 11.9. The number of ether oxygens (including phenoxy) is 1. The molecule has 0 bridgehead atoms.